The summed E-state index contributed by atoms with van der Waals surface area (Å²) in [7, 11) is 0. The quantitative estimate of drug-likeness (QED) is 0.836. The SMILES string of the molecule is Cc1ccc(C(CCN)c2ccc(C(C)(C)C)cc2)cc1C. The van der Waals surface area contributed by atoms with Crippen LogP contribution in [0.25, 0.3) is 0 Å². The maximum Gasteiger partial charge on any atom is 0.0101 e. The molecule has 22 heavy (non-hydrogen) atoms. The molecule has 2 rings (SSSR count). The summed E-state index contributed by atoms with van der Waals surface area (Å²) in [6.45, 7) is 11.8. The topological polar surface area (TPSA) is 26.0 Å². The van der Waals surface area contributed by atoms with Gasteiger partial charge in [-0.3, -0.25) is 0 Å². The molecule has 2 aromatic carbocycles. The van der Waals surface area contributed by atoms with E-state index in [1.54, 1.807) is 0 Å². The summed E-state index contributed by atoms with van der Waals surface area (Å²) < 4.78 is 0. The van der Waals surface area contributed by atoms with Crippen molar-refractivity contribution >= 4 is 0 Å². The Balaban J connectivity index is 2.37. The molecule has 0 radical (unpaired) electrons. The molecule has 2 N–H and O–H groups in total. The van der Waals surface area contributed by atoms with Crippen LogP contribution in [0.4, 0.5) is 0 Å². The van der Waals surface area contributed by atoms with E-state index in [1.807, 2.05) is 0 Å². The third kappa shape index (κ3) is 3.78. The van der Waals surface area contributed by atoms with Gasteiger partial charge in [-0.25, -0.2) is 0 Å². The van der Waals surface area contributed by atoms with Crippen LogP contribution in [0.1, 0.15) is 60.9 Å². The second-order valence-electron chi connectivity index (χ2n) is 7.35. The molecule has 0 aliphatic heterocycles. The first-order valence-corrected chi connectivity index (χ1v) is 8.20. The molecule has 0 saturated heterocycles. The minimum Gasteiger partial charge on any atom is -0.330 e. The van der Waals surface area contributed by atoms with Crippen molar-refractivity contribution in [3.8, 4) is 0 Å². The minimum absolute atomic E-state index is 0.197. The molecular weight excluding hydrogens is 266 g/mol. The molecular formula is C21H29N. The molecule has 1 heteroatoms. The van der Waals surface area contributed by atoms with Crippen molar-refractivity contribution in [1.82, 2.24) is 0 Å². The smallest absolute Gasteiger partial charge is 0.0101 e. The summed E-state index contributed by atoms with van der Waals surface area (Å²) in [5.41, 5.74) is 12.9. The average molecular weight is 295 g/mol. The Labute approximate surface area is 135 Å². The van der Waals surface area contributed by atoms with Gasteiger partial charge in [0.25, 0.3) is 0 Å². The Hall–Kier alpha value is -1.60. The third-order valence-corrected chi connectivity index (χ3v) is 4.57. The molecule has 0 heterocycles. The van der Waals surface area contributed by atoms with E-state index >= 15 is 0 Å². The average Bonchev–Trinajstić information content (AvgIpc) is 2.47. The molecule has 1 atom stereocenters. The first-order chi connectivity index (χ1) is 10.3. The first kappa shape index (κ1) is 16.8. The van der Waals surface area contributed by atoms with Gasteiger partial charge in [0, 0.05) is 5.92 Å². The van der Waals surface area contributed by atoms with Crippen LogP contribution in [0, 0.1) is 13.8 Å². The Morgan fingerprint density at radius 3 is 1.95 bits per heavy atom. The van der Waals surface area contributed by atoms with E-state index in [9.17, 15) is 0 Å². The van der Waals surface area contributed by atoms with E-state index in [2.05, 4.69) is 77.1 Å². The normalized spacial score (nSPS) is 13.2. The van der Waals surface area contributed by atoms with Gasteiger partial charge in [0.05, 0.1) is 0 Å². The molecule has 0 fully saturated rings. The van der Waals surface area contributed by atoms with Crippen LogP contribution < -0.4 is 5.73 Å². The molecule has 0 aliphatic rings. The number of aryl methyl sites for hydroxylation is 2. The van der Waals surface area contributed by atoms with E-state index in [0.29, 0.717) is 12.5 Å². The molecule has 118 valence electrons. The predicted octanol–water partition coefficient (Wildman–Crippen LogP) is 5.08. The second kappa shape index (κ2) is 6.66. The zero-order chi connectivity index (χ0) is 16.3. The van der Waals surface area contributed by atoms with Gasteiger partial charge < -0.3 is 5.73 Å². The summed E-state index contributed by atoms with van der Waals surface area (Å²) in [5, 5.41) is 0. The highest BCUT2D eigenvalue weighted by Gasteiger charge is 2.17. The van der Waals surface area contributed by atoms with Gasteiger partial charge in [-0.2, -0.15) is 0 Å². The van der Waals surface area contributed by atoms with Crippen molar-refractivity contribution in [2.45, 2.75) is 52.4 Å². The molecule has 0 saturated carbocycles. The van der Waals surface area contributed by atoms with Crippen molar-refractivity contribution in [3.05, 3.63) is 70.3 Å². The van der Waals surface area contributed by atoms with Crippen LogP contribution >= 0.6 is 0 Å². The van der Waals surface area contributed by atoms with Gasteiger partial charge in [0.15, 0.2) is 0 Å². The van der Waals surface area contributed by atoms with Gasteiger partial charge >= 0.3 is 0 Å². The van der Waals surface area contributed by atoms with Gasteiger partial charge in [-0.05, 0) is 60.0 Å². The van der Waals surface area contributed by atoms with Crippen molar-refractivity contribution < 1.29 is 0 Å². The van der Waals surface area contributed by atoms with Crippen LogP contribution in [0.2, 0.25) is 0 Å². The Morgan fingerprint density at radius 2 is 1.45 bits per heavy atom. The Kier molecular flexibility index (Phi) is 5.08. The van der Waals surface area contributed by atoms with Crippen molar-refractivity contribution in [3.63, 3.8) is 0 Å². The maximum atomic E-state index is 5.87. The van der Waals surface area contributed by atoms with Crippen LogP contribution in [-0.2, 0) is 5.41 Å². The highest BCUT2D eigenvalue weighted by molar-refractivity contribution is 5.39. The molecule has 0 spiro atoms. The monoisotopic (exact) mass is 295 g/mol. The van der Waals surface area contributed by atoms with Crippen molar-refractivity contribution in [1.29, 1.82) is 0 Å². The minimum atomic E-state index is 0.197. The molecule has 0 aromatic heterocycles. The summed E-state index contributed by atoms with van der Waals surface area (Å²) >= 11 is 0. The zero-order valence-corrected chi connectivity index (χ0v) is 14.6. The van der Waals surface area contributed by atoms with Crippen molar-refractivity contribution in [2.75, 3.05) is 6.54 Å². The largest absolute Gasteiger partial charge is 0.330 e. The van der Waals surface area contributed by atoms with Gasteiger partial charge in [0.1, 0.15) is 0 Å². The fraction of sp³-hybridized carbons (Fsp3) is 0.429. The number of rotatable bonds is 4. The van der Waals surface area contributed by atoms with Gasteiger partial charge in [-0.1, -0.05) is 63.2 Å². The standard InChI is InChI=1S/C21H29N/c1-15-6-7-18(14-16(15)2)20(12-13-22)17-8-10-19(11-9-17)21(3,4)5/h6-11,14,20H,12-13,22H2,1-5H3. The highest BCUT2D eigenvalue weighted by atomic mass is 14.5. The predicted molar refractivity (Wildman–Crippen MR) is 96.6 cm³/mol. The lowest BCUT2D eigenvalue weighted by Gasteiger charge is -2.22. The second-order valence-corrected chi connectivity index (χ2v) is 7.35. The van der Waals surface area contributed by atoms with E-state index < -0.39 is 0 Å². The summed E-state index contributed by atoms with van der Waals surface area (Å²) in [4.78, 5) is 0. The third-order valence-electron chi connectivity index (χ3n) is 4.57. The van der Waals surface area contributed by atoms with Crippen LogP contribution in [0.15, 0.2) is 42.5 Å². The molecule has 0 amide bonds. The number of benzene rings is 2. The highest BCUT2D eigenvalue weighted by Crippen LogP contribution is 2.31. The zero-order valence-electron chi connectivity index (χ0n) is 14.6. The molecule has 1 unspecified atom stereocenters. The van der Waals surface area contributed by atoms with E-state index in [4.69, 9.17) is 5.73 Å². The molecule has 0 aliphatic carbocycles. The number of hydrogen-bond donors (Lipinski definition) is 1. The Bertz CT molecular complexity index is 617. The van der Waals surface area contributed by atoms with Crippen LogP contribution in [0.5, 0.6) is 0 Å². The van der Waals surface area contributed by atoms with Crippen LogP contribution in [0.3, 0.4) is 0 Å². The first-order valence-electron chi connectivity index (χ1n) is 8.20. The fourth-order valence-corrected chi connectivity index (χ4v) is 2.89. The van der Waals surface area contributed by atoms with E-state index in [1.165, 1.54) is 27.8 Å². The van der Waals surface area contributed by atoms with E-state index in [0.717, 1.165) is 6.42 Å². The summed E-state index contributed by atoms with van der Waals surface area (Å²) in [6.07, 6.45) is 0.983. The lowest BCUT2D eigenvalue weighted by atomic mass is 9.83. The lowest BCUT2D eigenvalue weighted by molar-refractivity contribution is 0.589. The van der Waals surface area contributed by atoms with Crippen molar-refractivity contribution in [2.24, 2.45) is 5.73 Å². The molecule has 1 nitrogen and oxygen atoms in total. The van der Waals surface area contributed by atoms with Crippen LogP contribution in [-0.4, -0.2) is 6.54 Å². The fourth-order valence-electron chi connectivity index (χ4n) is 2.89. The number of hydrogen-bond acceptors (Lipinski definition) is 1. The van der Waals surface area contributed by atoms with E-state index in [-0.39, 0.29) is 5.41 Å². The van der Waals surface area contributed by atoms with Gasteiger partial charge in [-0.15, -0.1) is 0 Å². The lowest BCUT2D eigenvalue weighted by Crippen LogP contribution is -2.12. The Morgan fingerprint density at radius 1 is 0.864 bits per heavy atom. The summed E-state index contributed by atoms with van der Waals surface area (Å²) in [5.74, 6) is 0.387. The van der Waals surface area contributed by atoms with Gasteiger partial charge in [0.2, 0.25) is 0 Å². The molecule has 2 aromatic rings. The summed E-state index contributed by atoms with van der Waals surface area (Å²) in [6, 6.07) is 15.9. The number of nitrogens with two attached hydrogens (primary N) is 1. The molecule has 0 bridgehead atoms. The maximum absolute atomic E-state index is 5.87.